The summed E-state index contributed by atoms with van der Waals surface area (Å²) in [5.41, 5.74) is 2.30. The standard InChI is InChI=1S/C9H10N2.Ni/c1-2-11-7-10-8-5-3-4-6-9(8)11;/h3-7H,2H2,1H3;/q;+2. The van der Waals surface area contributed by atoms with Crippen molar-refractivity contribution in [1.29, 1.82) is 0 Å². The molecule has 0 aliphatic heterocycles. The van der Waals surface area contributed by atoms with Gasteiger partial charge < -0.3 is 4.57 Å². The maximum atomic E-state index is 4.25. The van der Waals surface area contributed by atoms with E-state index in [0.29, 0.717) is 0 Å². The van der Waals surface area contributed by atoms with E-state index in [9.17, 15) is 0 Å². The minimum absolute atomic E-state index is 0. The summed E-state index contributed by atoms with van der Waals surface area (Å²) in [5.74, 6) is 0. The van der Waals surface area contributed by atoms with Crippen LogP contribution in [0.1, 0.15) is 6.92 Å². The van der Waals surface area contributed by atoms with E-state index in [4.69, 9.17) is 0 Å². The molecule has 0 aliphatic carbocycles. The Balaban J connectivity index is 0.000000720. The first-order valence-corrected chi connectivity index (χ1v) is 3.81. The summed E-state index contributed by atoms with van der Waals surface area (Å²) in [4.78, 5) is 4.25. The summed E-state index contributed by atoms with van der Waals surface area (Å²) in [5, 5.41) is 0. The molecule has 0 aliphatic rings. The molecule has 3 heteroatoms. The van der Waals surface area contributed by atoms with Crippen LogP contribution in [0, 0.1) is 0 Å². The van der Waals surface area contributed by atoms with Gasteiger partial charge in [0.1, 0.15) is 0 Å². The molecule has 0 N–H and O–H groups in total. The van der Waals surface area contributed by atoms with E-state index in [0.717, 1.165) is 12.1 Å². The van der Waals surface area contributed by atoms with E-state index < -0.39 is 0 Å². The zero-order chi connectivity index (χ0) is 7.68. The van der Waals surface area contributed by atoms with E-state index in [1.807, 2.05) is 24.5 Å². The van der Waals surface area contributed by atoms with E-state index in [1.54, 1.807) is 0 Å². The molecule has 0 unspecified atom stereocenters. The molecular formula is C9H10N2Ni+2. The number of nitrogens with zero attached hydrogens (tertiary/aromatic N) is 2. The Hall–Kier alpha value is -0.816. The maximum absolute atomic E-state index is 4.25. The van der Waals surface area contributed by atoms with Gasteiger partial charge in [-0.1, -0.05) is 12.1 Å². The van der Waals surface area contributed by atoms with Crippen molar-refractivity contribution in [2.75, 3.05) is 0 Å². The molecule has 0 spiro atoms. The minimum atomic E-state index is 0. The Kier molecular flexibility index (Phi) is 2.88. The van der Waals surface area contributed by atoms with Crippen LogP contribution in [0.5, 0.6) is 0 Å². The summed E-state index contributed by atoms with van der Waals surface area (Å²) >= 11 is 0. The van der Waals surface area contributed by atoms with Crippen LogP contribution >= 0.6 is 0 Å². The van der Waals surface area contributed by atoms with Gasteiger partial charge in [0.15, 0.2) is 0 Å². The summed E-state index contributed by atoms with van der Waals surface area (Å²) in [6, 6.07) is 8.17. The third-order valence-electron chi connectivity index (χ3n) is 1.87. The van der Waals surface area contributed by atoms with Crippen LogP contribution in [0.4, 0.5) is 0 Å². The average molecular weight is 205 g/mol. The Morgan fingerprint density at radius 1 is 1.33 bits per heavy atom. The fourth-order valence-electron chi connectivity index (χ4n) is 1.26. The molecule has 2 nitrogen and oxygen atoms in total. The molecule has 0 radical (unpaired) electrons. The zero-order valence-corrected chi connectivity index (χ0v) is 7.79. The molecule has 2 aromatic rings. The van der Waals surface area contributed by atoms with E-state index in [1.165, 1.54) is 5.52 Å². The van der Waals surface area contributed by atoms with Crippen molar-refractivity contribution < 1.29 is 16.5 Å². The Bertz CT molecular complexity index is 367. The number of benzene rings is 1. The second-order valence-corrected chi connectivity index (χ2v) is 2.52. The van der Waals surface area contributed by atoms with Gasteiger partial charge in [0, 0.05) is 6.54 Å². The summed E-state index contributed by atoms with van der Waals surface area (Å²) in [7, 11) is 0. The van der Waals surface area contributed by atoms with Crippen LogP contribution in [-0.2, 0) is 23.0 Å². The van der Waals surface area contributed by atoms with Crippen LogP contribution in [0.25, 0.3) is 11.0 Å². The number of para-hydroxylation sites is 2. The molecule has 0 atom stereocenters. The first-order valence-electron chi connectivity index (χ1n) is 3.81. The van der Waals surface area contributed by atoms with Crippen molar-refractivity contribution in [3.63, 3.8) is 0 Å². The number of imidazole rings is 1. The summed E-state index contributed by atoms with van der Waals surface area (Å²) in [6.07, 6.45) is 1.88. The SMILES string of the molecule is CCn1cnc2ccccc21.[Ni+2]. The molecule has 0 bridgehead atoms. The van der Waals surface area contributed by atoms with Gasteiger partial charge in [0.05, 0.1) is 17.4 Å². The smallest absolute Gasteiger partial charge is 0.331 e. The third kappa shape index (κ3) is 1.37. The predicted molar refractivity (Wildman–Crippen MR) is 45.4 cm³/mol. The minimum Gasteiger partial charge on any atom is -0.331 e. The number of fused-ring (bicyclic) bond motifs is 1. The largest absolute Gasteiger partial charge is 2.00 e. The molecule has 1 aromatic carbocycles. The molecule has 0 amide bonds. The second-order valence-electron chi connectivity index (χ2n) is 2.52. The number of hydrogen-bond donors (Lipinski definition) is 0. The summed E-state index contributed by atoms with van der Waals surface area (Å²) < 4.78 is 2.13. The molecule has 0 saturated heterocycles. The van der Waals surface area contributed by atoms with E-state index in [2.05, 4.69) is 22.5 Å². The van der Waals surface area contributed by atoms with Crippen molar-refractivity contribution in [2.45, 2.75) is 13.5 Å². The average Bonchev–Trinajstić information content (AvgIpc) is 2.47. The van der Waals surface area contributed by atoms with Crippen LogP contribution in [0.15, 0.2) is 30.6 Å². The first-order chi connectivity index (χ1) is 5.42. The quantitative estimate of drug-likeness (QED) is 0.651. The van der Waals surface area contributed by atoms with E-state index >= 15 is 0 Å². The zero-order valence-electron chi connectivity index (χ0n) is 6.80. The molecule has 64 valence electrons. The fourth-order valence-corrected chi connectivity index (χ4v) is 1.26. The van der Waals surface area contributed by atoms with Crippen LogP contribution in [-0.4, -0.2) is 9.55 Å². The Morgan fingerprint density at radius 3 is 2.83 bits per heavy atom. The first kappa shape index (κ1) is 9.27. The van der Waals surface area contributed by atoms with Gasteiger partial charge in [-0.25, -0.2) is 4.98 Å². The molecular weight excluding hydrogens is 195 g/mol. The predicted octanol–water partition coefficient (Wildman–Crippen LogP) is 2.05. The number of aromatic nitrogens is 2. The van der Waals surface area contributed by atoms with Crippen molar-refractivity contribution >= 4 is 11.0 Å². The molecule has 0 saturated carbocycles. The molecule has 1 aromatic heterocycles. The normalized spacial score (nSPS) is 9.75. The van der Waals surface area contributed by atoms with Gasteiger partial charge in [-0.05, 0) is 19.1 Å². The number of aryl methyl sites for hydroxylation is 1. The van der Waals surface area contributed by atoms with E-state index in [-0.39, 0.29) is 16.5 Å². The number of hydrogen-bond acceptors (Lipinski definition) is 1. The van der Waals surface area contributed by atoms with Gasteiger partial charge in [0.2, 0.25) is 0 Å². The molecule has 12 heavy (non-hydrogen) atoms. The van der Waals surface area contributed by atoms with Crippen LogP contribution < -0.4 is 0 Å². The van der Waals surface area contributed by atoms with Gasteiger partial charge in [0.25, 0.3) is 0 Å². The molecule has 1 heterocycles. The Labute approximate surface area is 81.5 Å². The van der Waals surface area contributed by atoms with Gasteiger partial charge >= 0.3 is 16.5 Å². The van der Waals surface area contributed by atoms with Crippen molar-refractivity contribution in [1.82, 2.24) is 9.55 Å². The van der Waals surface area contributed by atoms with Crippen LogP contribution in [0.2, 0.25) is 0 Å². The second kappa shape index (κ2) is 3.73. The maximum Gasteiger partial charge on any atom is 2.00 e. The van der Waals surface area contributed by atoms with Crippen molar-refractivity contribution in [3.8, 4) is 0 Å². The molecule has 0 fully saturated rings. The number of rotatable bonds is 1. The third-order valence-corrected chi connectivity index (χ3v) is 1.87. The monoisotopic (exact) mass is 204 g/mol. The topological polar surface area (TPSA) is 17.8 Å². The van der Waals surface area contributed by atoms with Gasteiger partial charge in [-0.3, -0.25) is 0 Å². The van der Waals surface area contributed by atoms with Crippen molar-refractivity contribution in [3.05, 3.63) is 30.6 Å². The molecule has 2 rings (SSSR count). The van der Waals surface area contributed by atoms with Gasteiger partial charge in [-0.15, -0.1) is 0 Å². The Morgan fingerprint density at radius 2 is 2.08 bits per heavy atom. The fraction of sp³-hybridized carbons (Fsp3) is 0.222. The summed E-state index contributed by atoms with van der Waals surface area (Å²) in [6.45, 7) is 3.11. The van der Waals surface area contributed by atoms with Gasteiger partial charge in [-0.2, -0.15) is 0 Å². The van der Waals surface area contributed by atoms with Crippen LogP contribution in [0.3, 0.4) is 0 Å². The van der Waals surface area contributed by atoms with Crippen molar-refractivity contribution in [2.24, 2.45) is 0 Å².